The van der Waals surface area contributed by atoms with Crippen LogP contribution in [0.1, 0.15) is 17.9 Å². The van der Waals surface area contributed by atoms with E-state index in [0.29, 0.717) is 31.0 Å². The summed E-state index contributed by atoms with van der Waals surface area (Å²) >= 11 is 0. The summed E-state index contributed by atoms with van der Waals surface area (Å²) < 4.78 is 24.2. The summed E-state index contributed by atoms with van der Waals surface area (Å²) in [7, 11) is -2.86. The first-order valence-electron chi connectivity index (χ1n) is 6.36. The molecule has 0 radical (unpaired) electrons. The van der Waals surface area contributed by atoms with Gasteiger partial charge in [0, 0.05) is 30.9 Å². The average Bonchev–Trinajstić information content (AvgIpc) is 2.62. The van der Waals surface area contributed by atoms with E-state index in [1.54, 1.807) is 18.4 Å². The summed E-state index contributed by atoms with van der Waals surface area (Å²) in [5.74, 6) is 1.15. The Bertz CT molecular complexity index is 622. The van der Waals surface area contributed by atoms with E-state index < -0.39 is 9.84 Å². The first-order chi connectivity index (χ1) is 8.87. The Balaban J connectivity index is 1.92. The molecule has 0 saturated carbocycles. The first kappa shape index (κ1) is 14.2. The highest BCUT2D eigenvalue weighted by molar-refractivity contribution is 7.91. The Morgan fingerprint density at radius 2 is 2.21 bits per heavy atom. The topological polar surface area (TPSA) is 81.1 Å². The molecule has 1 unspecified atom stereocenters. The molecule has 6 nitrogen and oxygen atoms in total. The third kappa shape index (κ3) is 3.63. The third-order valence-corrected chi connectivity index (χ3v) is 5.10. The fourth-order valence-electron chi connectivity index (χ4n) is 2.37. The number of hydrogen-bond donors (Lipinski definition) is 1. The standard InChI is InChI=1S/C12H19N3O3S/c1-9-7-12(16)15(10(2)14-9)5-4-13-11-3-6-19(17,18)8-11/h7,11,13H,3-6,8H2,1-2H3. The highest BCUT2D eigenvalue weighted by atomic mass is 32.2. The van der Waals surface area contributed by atoms with Gasteiger partial charge in [-0.2, -0.15) is 0 Å². The fourth-order valence-corrected chi connectivity index (χ4v) is 4.08. The number of nitrogens with one attached hydrogen (secondary N) is 1. The molecule has 2 rings (SSSR count). The number of aromatic nitrogens is 2. The lowest BCUT2D eigenvalue weighted by Crippen LogP contribution is -2.35. The summed E-state index contributed by atoms with van der Waals surface area (Å²) in [4.78, 5) is 16.0. The maximum atomic E-state index is 11.8. The second-order valence-electron chi connectivity index (χ2n) is 4.99. The highest BCUT2D eigenvalue weighted by Gasteiger charge is 2.27. The molecule has 0 spiro atoms. The van der Waals surface area contributed by atoms with Gasteiger partial charge in [0.1, 0.15) is 5.82 Å². The fraction of sp³-hybridized carbons (Fsp3) is 0.667. The van der Waals surface area contributed by atoms with Crippen LogP contribution in [0, 0.1) is 13.8 Å². The quantitative estimate of drug-likeness (QED) is 0.817. The van der Waals surface area contributed by atoms with E-state index in [-0.39, 0.29) is 23.1 Å². The number of hydrogen-bond acceptors (Lipinski definition) is 5. The van der Waals surface area contributed by atoms with E-state index in [2.05, 4.69) is 10.3 Å². The van der Waals surface area contributed by atoms with E-state index in [4.69, 9.17) is 0 Å². The smallest absolute Gasteiger partial charge is 0.253 e. The van der Waals surface area contributed by atoms with Crippen LogP contribution < -0.4 is 10.9 Å². The number of aryl methyl sites for hydroxylation is 2. The summed E-state index contributed by atoms with van der Waals surface area (Å²) in [5, 5.41) is 3.19. The van der Waals surface area contributed by atoms with Crippen molar-refractivity contribution >= 4 is 9.84 Å². The molecule has 1 aliphatic heterocycles. The van der Waals surface area contributed by atoms with Crippen LogP contribution in [0.25, 0.3) is 0 Å². The molecule has 0 bridgehead atoms. The van der Waals surface area contributed by atoms with Crippen LogP contribution in [0.2, 0.25) is 0 Å². The molecular formula is C12H19N3O3S. The van der Waals surface area contributed by atoms with Crippen LogP contribution in [0.15, 0.2) is 10.9 Å². The first-order valence-corrected chi connectivity index (χ1v) is 8.18. The van der Waals surface area contributed by atoms with Gasteiger partial charge in [0.2, 0.25) is 0 Å². The van der Waals surface area contributed by atoms with Gasteiger partial charge < -0.3 is 5.32 Å². The zero-order chi connectivity index (χ0) is 14.0. The molecule has 1 aliphatic rings. The average molecular weight is 285 g/mol. The van der Waals surface area contributed by atoms with Crippen molar-refractivity contribution in [3.63, 3.8) is 0 Å². The lowest BCUT2D eigenvalue weighted by molar-refractivity contribution is 0.505. The van der Waals surface area contributed by atoms with Crippen molar-refractivity contribution in [2.75, 3.05) is 18.1 Å². The minimum Gasteiger partial charge on any atom is -0.311 e. The molecule has 106 valence electrons. The maximum absolute atomic E-state index is 11.8. The molecular weight excluding hydrogens is 266 g/mol. The molecule has 19 heavy (non-hydrogen) atoms. The van der Waals surface area contributed by atoms with Crippen LogP contribution in [-0.2, 0) is 16.4 Å². The lowest BCUT2D eigenvalue weighted by Gasteiger charge is -2.13. The third-order valence-electron chi connectivity index (χ3n) is 3.33. The van der Waals surface area contributed by atoms with Crippen molar-refractivity contribution < 1.29 is 8.42 Å². The summed E-state index contributed by atoms with van der Waals surface area (Å²) in [6.45, 7) is 4.68. The molecule has 1 saturated heterocycles. The van der Waals surface area contributed by atoms with Crippen LogP contribution in [0.3, 0.4) is 0 Å². The molecule has 1 aromatic rings. The zero-order valence-corrected chi connectivity index (χ0v) is 12.0. The minimum atomic E-state index is -2.86. The number of rotatable bonds is 4. The second kappa shape index (κ2) is 5.42. The van der Waals surface area contributed by atoms with Gasteiger partial charge in [-0.25, -0.2) is 13.4 Å². The molecule has 1 aromatic heterocycles. The lowest BCUT2D eigenvalue weighted by atomic mass is 10.2. The predicted octanol–water partition coefficient (Wildman–Crippen LogP) is -0.363. The molecule has 0 aromatic carbocycles. The van der Waals surface area contributed by atoms with Gasteiger partial charge in [-0.15, -0.1) is 0 Å². The molecule has 1 N–H and O–H groups in total. The number of nitrogens with zero attached hydrogens (tertiary/aromatic N) is 2. The Labute approximate surface area is 112 Å². The van der Waals surface area contributed by atoms with Gasteiger partial charge in [-0.3, -0.25) is 9.36 Å². The monoisotopic (exact) mass is 285 g/mol. The van der Waals surface area contributed by atoms with Crippen molar-refractivity contribution in [3.05, 3.63) is 27.9 Å². The molecule has 7 heteroatoms. The van der Waals surface area contributed by atoms with E-state index in [1.807, 2.05) is 0 Å². The van der Waals surface area contributed by atoms with Crippen molar-refractivity contribution in [1.29, 1.82) is 0 Å². The highest BCUT2D eigenvalue weighted by Crippen LogP contribution is 2.10. The van der Waals surface area contributed by atoms with Crippen molar-refractivity contribution in [1.82, 2.24) is 14.9 Å². The Hall–Kier alpha value is -1.21. The Morgan fingerprint density at radius 3 is 2.79 bits per heavy atom. The van der Waals surface area contributed by atoms with E-state index in [9.17, 15) is 13.2 Å². The molecule has 0 aliphatic carbocycles. The van der Waals surface area contributed by atoms with Gasteiger partial charge in [0.25, 0.3) is 5.56 Å². The van der Waals surface area contributed by atoms with Gasteiger partial charge in [-0.1, -0.05) is 0 Å². The van der Waals surface area contributed by atoms with Gasteiger partial charge in [-0.05, 0) is 20.3 Å². The Kier molecular flexibility index (Phi) is 4.05. The summed E-state index contributed by atoms with van der Waals surface area (Å²) in [5.41, 5.74) is 0.652. The van der Waals surface area contributed by atoms with Crippen molar-refractivity contribution in [2.24, 2.45) is 0 Å². The van der Waals surface area contributed by atoms with Crippen LogP contribution in [0.5, 0.6) is 0 Å². The zero-order valence-electron chi connectivity index (χ0n) is 11.2. The number of sulfone groups is 1. The normalized spacial score (nSPS) is 21.7. The van der Waals surface area contributed by atoms with E-state index in [0.717, 1.165) is 0 Å². The predicted molar refractivity (Wildman–Crippen MR) is 73.0 cm³/mol. The molecule has 2 heterocycles. The Morgan fingerprint density at radius 1 is 1.47 bits per heavy atom. The van der Waals surface area contributed by atoms with Crippen LogP contribution in [0.4, 0.5) is 0 Å². The summed E-state index contributed by atoms with van der Waals surface area (Å²) in [6, 6.07) is 1.52. The van der Waals surface area contributed by atoms with Gasteiger partial charge in [0.05, 0.1) is 11.5 Å². The molecule has 1 atom stereocenters. The SMILES string of the molecule is Cc1cc(=O)n(CCNC2CCS(=O)(=O)C2)c(C)n1. The molecule has 1 fully saturated rings. The summed E-state index contributed by atoms with van der Waals surface area (Å²) in [6.07, 6.45) is 0.655. The van der Waals surface area contributed by atoms with Crippen molar-refractivity contribution in [2.45, 2.75) is 32.9 Å². The van der Waals surface area contributed by atoms with E-state index >= 15 is 0 Å². The van der Waals surface area contributed by atoms with Crippen LogP contribution in [-0.4, -0.2) is 42.1 Å². The van der Waals surface area contributed by atoms with Gasteiger partial charge in [0.15, 0.2) is 9.84 Å². The van der Waals surface area contributed by atoms with E-state index in [1.165, 1.54) is 6.07 Å². The largest absolute Gasteiger partial charge is 0.311 e. The van der Waals surface area contributed by atoms with Crippen molar-refractivity contribution in [3.8, 4) is 0 Å². The molecule has 0 amide bonds. The second-order valence-corrected chi connectivity index (χ2v) is 7.22. The van der Waals surface area contributed by atoms with Gasteiger partial charge >= 0.3 is 0 Å². The van der Waals surface area contributed by atoms with Crippen LogP contribution >= 0.6 is 0 Å². The minimum absolute atomic E-state index is 0.0133. The maximum Gasteiger partial charge on any atom is 0.253 e.